The molecule has 0 spiro atoms. The van der Waals surface area contributed by atoms with Gasteiger partial charge in [-0.2, -0.15) is 4.98 Å². The standard InChI is InChI=1S/C23H33N5O4/c1-31-15-11-20-26-23(32-27-20)17-28-14-5-12-24-21(29)9-8-19(10-13-25-22(30)16-28)18-6-3-2-4-7-18/h2-4,6-7,19H,5,8-17H2,1H3,(H,24,29)(H,25,30). The van der Waals surface area contributed by atoms with E-state index in [-0.39, 0.29) is 24.3 Å². The first kappa shape index (κ1) is 23.9. The lowest BCUT2D eigenvalue weighted by Gasteiger charge is -2.22. The van der Waals surface area contributed by atoms with E-state index < -0.39 is 0 Å². The number of hydrogen-bond acceptors (Lipinski definition) is 7. The number of ether oxygens (including phenoxy) is 1. The van der Waals surface area contributed by atoms with E-state index in [9.17, 15) is 9.59 Å². The number of rotatable bonds is 6. The third-order valence-corrected chi connectivity index (χ3v) is 5.55. The van der Waals surface area contributed by atoms with Crippen molar-refractivity contribution < 1.29 is 18.8 Å². The zero-order valence-corrected chi connectivity index (χ0v) is 18.7. The monoisotopic (exact) mass is 443 g/mol. The van der Waals surface area contributed by atoms with Crippen LogP contribution < -0.4 is 10.6 Å². The average molecular weight is 444 g/mol. The number of benzene rings is 1. The maximum atomic E-state index is 12.6. The number of aromatic nitrogens is 2. The van der Waals surface area contributed by atoms with Gasteiger partial charge in [0.1, 0.15) is 0 Å². The second kappa shape index (κ2) is 12.9. The lowest BCUT2D eigenvalue weighted by atomic mass is 9.91. The Kier molecular flexibility index (Phi) is 9.64. The summed E-state index contributed by atoms with van der Waals surface area (Å²) < 4.78 is 10.4. The van der Waals surface area contributed by atoms with Crippen LogP contribution in [0.15, 0.2) is 34.9 Å². The topological polar surface area (TPSA) is 110 Å². The molecule has 2 amide bonds. The smallest absolute Gasteiger partial charge is 0.240 e. The number of carbonyl (C=O) groups excluding carboxylic acids is 2. The molecule has 1 saturated heterocycles. The predicted octanol–water partition coefficient (Wildman–Crippen LogP) is 1.65. The molecule has 1 aliphatic rings. The van der Waals surface area contributed by atoms with Gasteiger partial charge < -0.3 is 19.9 Å². The third-order valence-electron chi connectivity index (χ3n) is 5.55. The molecular formula is C23H33N5O4. The lowest BCUT2D eigenvalue weighted by Crippen LogP contribution is -2.39. The molecule has 0 aliphatic carbocycles. The van der Waals surface area contributed by atoms with Gasteiger partial charge in [-0.05, 0) is 30.7 Å². The van der Waals surface area contributed by atoms with Gasteiger partial charge in [-0.3, -0.25) is 14.5 Å². The minimum atomic E-state index is -0.0305. The first-order valence-corrected chi connectivity index (χ1v) is 11.2. The quantitative estimate of drug-likeness (QED) is 0.699. The maximum absolute atomic E-state index is 12.6. The Labute approximate surface area is 188 Å². The molecule has 3 rings (SSSR count). The van der Waals surface area contributed by atoms with E-state index in [1.807, 2.05) is 23.1 Å². The number of carbonyl (C=O) groups is 2. The van der Waals surface area contributed by atoms with Crippen LogP contribution in [0, 0.1) is 0 Å². The molecule has 2 heterocycles. The van der Waals surface area contributed by atoms with Gasteiger partial charge in [-0.15, -0.1) is 0 Å². The van der Waals surface area contributed by atoms with Crippen LogP contribution in [0.2, 0.25) is 0 Å². The molecule has 0 bridgehead atoms. The molecule has 1 fully saturated rings. The summed E-state index contributed by atoms with van der Waals surface area (Å²) in [5.41, 5.74) is 1.20. The summed E-state index contributed by atoms with van der Waals surface area (Å²) >= 11 is 0. The van der Waals surface area contributed by atoms with Gasteiger partial charge in [0.05, 0.1) is 19.7 Å². The van der Waals surface area contributed by atoms with Crippen LogP contribution in [0.5, 0.6) is 0 Å². The van der Waals surface area contributed by atoms with E-state index in [1.165, 1.54) is 5.56 Å². The molecule has 32 heavy (non-hydrogen) atoms. The molecule has 0 saturated carbocycles. The van der Waals surface area contributed by atoms with Crippen LogP contribution in [-0.4, -0.2) is 66.8 Å². The first-order chi connectivity index (χ1) is 15.6. The molecule has 1 unspecified atom stereocenters. The van der Waals surface area contributed by atoms with Crippen molar-refractivity contribution in [3.05, 3.63) is 47.6 Å². The molecule has 174 valence electrons. The van der Waals surface area contributed by atoms with Gasteiger partial charge in [0.2, 0.25) is 17.7 Å². The number of hydrogen-bond donors (Lipinski definition) is 2. The van der Waals surface area contributed by atoms with Crippen LogP contribution in [0.25, 0.3) is 0 Å². The number of nitrogens with one attached hydrogen (secondary N) is 2. The predicted molar refractivity (Wildman–Crippen MR) is 119 cm³/mol. The highest BCUT2D eigenvalue weighted by atomic mass is 16.5. The Balaban J connectivity index is 1.60. The van der Waals surface area contributed by atoms with Crippen LogP contribution in [0.4, 0.5) is 0 Å². The zero-order chi connectivity index (χ0) is 22.6. The highest BCUT2D eigenvalue weighted by molar-refractivity contribution is 5.78. The normalized spacial score (nSPS) is 19.7. The van der Waals surface area contributed by atoms with Gasteiger partial charge >= 0.3 is 0 Å². The summed E-state index contributed by atoms with van der Waals surface area (Å²) in [5.74, 6) is 1.33. The summed E-state index contributed by atoms with van der Waals surface area (Å²) in [5, 5.41) is 9.99. The van der Waals surface area contributed by atoms with Crippen LogP contribution >= 0.6 is 0 Å². The highest BCUT2D eigenvalue weighted by Crippen LogP contribution is 2.24. The molecule has 9 heteroatoms. The molecule has 2 N–H and O–H groups in total. The van der Waals surface area contributed by atoms with Gasteiger partial charge in [-0.25, -0.2) is 0 Å². The van der Waals surface area contributed by atoms with Crippen molar-refractivity contribution in [3.8, 4) is 0 Å². The van der Waals surface area contributed by atoms with Crippen molar-refractivity contribution in [1.82, 2.24) is 25.7 Å². The van der Waals surface area contributed by atoms with Gasteiger partial charge in [0, 0.05) is 39.6 Å². The molecule has 0 radical (unpaired) electrons. The molecule has 1 aliphatic heterocycles. The Hall–Kier alpha value is -2.78. The van der Waals surface area contributed by atoms with Crippen molar-refractivity contribution >= 4 is 11.8 Å². The van der Waals surface area contributed by atoms with E-state index in [4.69, 9.17) is 9.26 Å². The molecular weight excluding hydrogens is 410 g/mol. The van der Waals surface area contributed by atoms with Crippen molar-refractivity contribution in [2.45, 2.75) is 44.6 Å². The first-order valence-electron chi connectivity index (χ1n) is 11.2. The zero-order valence-electron chi connectivity index (χ0n) is 18.7. The highest BCUT2D eigenvalue weighted by Gasteiger charge is 2.18. The SMILES string of the molecule is COCCc1noc(CN2CCCNC(=O)CCC(c3ccccc3)CCNC(=O)C2)n1. The van der Waals surface area contributed by atoms with Crippen LogP contribution in [0.3, 0.4) is 0 Å². The van der Waals surface area contributed by atoms with E-state index >= 15 is 0 Å². The Morgan fingerprint density at radius 2 is 1.94 bits per heavy atom. The van der Waals surface area contributed by atoms with E-state index in [2.05, 4.69) is 32.9 Å². The fourth-order valence-corrected chi connectivity index (χ4v) is 3.83. The van der Waals surface area contributed by atoms with E-state index in [0.717, 1.165) is 19.3 Å². The molecule has 9 nitrogen and oxygen atoms in total. The summed E-state index contributed by atoms with van der Waals surface area (Å²) in [6.07, 6.45) is 3.33. The second-order valence-corrected chi connectivity index (χ2v) is 8.05. The van der Waals surface area contributed by atoms with Crippen molar-refractivity contribution in [1.29, 1.82) is 0 Å². The largest absolute Gasteiger partial charge is 0.384 e. The van der Waals surface area contributed by atoms with Crippen molar-refractivity contribution in [2.24, 2.45) is 0 Å². The van der Waals surface area contributed by atoms with Crippen molar-refractivity contribution in [2.75, 3.05) is 39.9 Å². The lowest BCUT2D eigenvalue weighted by molar-refractivity contribution is -0.123. The average Bonchev–Trinajstić information content (AvgIpc) is 3.24. The minimum absolute atomic E-state index is 0.0305. The summed E-state index contributed by atoms with van der Waals surface area (Å²) in [7, 11) is 1.63. The second-order valence-electron chi connectivity index (χ2n) is 8.05. The van der Waals surface area contributed by atoms with E-state index in [1.54, 1.807) is 7.11 Å². The number of nitrogens with zero attached hydrogens (tertiary/aromatic N) is 3. The Morgan fingerprint density at radius 3 is 2.75 bits per heavy atom. The van der Waals surface area contributed by atoms with Crippen molar-refractivity contribution in [3.63, 3.8) is 0 Å². The Bertz CT molecular complexity index is 842. The third kappa shape index (κ3) is 8.05. The van der Waals surface area contributed by atoms with Gasteiger partial charge in [-0.1, -0.05) is 35.5 Å². The van der Waals surface area contributed by atoms with Crippen LogP contribution in [-0.2, 0) is 27.3 Å². The fraction of sp³-hybridized carbons (Fsp3) is 0.565. The molecule has 1 aromatic carbocycles. The van der Waals surface area contributed by atoms with Crippen LogP contribution in [0.1, 0.15) is 48.9 Å². The fourth-order valence-electron chi connectivity index (χ4n) is 3.83. The number of methoxy groups -OCH3 is 1. The summed E-state index contributed by atoms with van der Waals surface area (Å²) in [6.45, 7) is 2.91. The maximum Gasteiger partial charge on any atom is 0.240 e. The van der Waals surface area contributed by atoms with Gasteiger partial charge in [0.15, 0.2) is 5.82 Å². The Morgan fingerprint density at radius 1 is 1.12 bits per heavy atom. The van der Waals surface area contributed by atoms with Gasteiger partial charge in [0.25, 0.3) is 0 Å². The number of amides is 2. The summed E-state index contributed by atoms with van der Waals surface area (Å²) in [4.78, 5) is 31.2. The summed E-state index contributed by atoms with van der Waals surface area (Å²) in [6, 6.07) is 10.2. The van der Waals surface area contributed by atoms with E-state index in [0.29, 0.717) is 57.3 Å². The molecule has 1 aromatic heterocycles. The molecule has 2 aromatic rings. The minimum Gasteiger partial charge on any atom is -0.384 e. The molecule has 1 atom stereocenters.